The molecule has 2 rings (SSSR count). The maximum atomic E-state index is 11.4. The van der Waals surface area contributed by atoms with Crippen LogP contribution in [0, 0.1) is 6.92 Å². The number of rotatable bonds is 2. The molecular formula is C13H19F3N2O4S. The molecule has 10 heteroatoms. The largest absolute Gasteiger partial charge is 0.411 e. The third-order valence-electron chi connectivity index (χ3n) is 3.03. The van der Waals surface area contributed by atoms with Crippen molar-refractivity contribution in [1.29, 1.82) is 0 Å². The van der Waals surface area contributed by atoms with Crippen molar-refractivity contribution >= 4 is 15.8 Å². The first-order valence-corrected chi connectivity index (χ1v) is 8.20. The number of hydrogen-bond donors (Lipinski definition) is 3. The van der Waals surface area contributed by atoms with E-state index in [1.165, 1.54) is 6.07 Å². The second-order valence-electron chi connectivity index (χ2n) is 4.96. The number of benzene rings is 1. The second-order valence-corrected chi connectivity index (χ2v) is 6.35. The standard InChI is InChI=1S/C11H16N2O3S.C2H3F3O/c1-9-2-3-10(11(8-9)17(14,15)16)13-6-4-12-5-7-13;3-2(4,5)1-6/h2-3,8,12H,4-7H2,1H3,(H,14,15,16);6H,1H2. The highest BCUT2D eigenvalue weighted by Gasteiger charge is 2.24. The van der Waals surface area contributed by atoms with Crippen LogP contribution >= 0.6 is 0 Å². The number of aliphatic hydroxyl groups is 1. The van der Waals surface area contributed by atoms with Crippen molar-refractivity contribution in [3.63, 3.8) is 0 Å². The van der Waals surface area contributed by atoms with Gasteiger partial charge in [0.25, 0.3) is 10.1 Å². The summed E-state index contributed by atoms with van der Waals surface area (Å²) < 4.78 is 63.6. The van der Waals surface area contributed by atoms with E-state index in [2.05, 4.69) is 5.32 Å². The minimum atomic E-state index is -4.40. The van der Waals surface area contributed by atoms with Crippen LogP contribution in [0.4, 0.5) is 18.9 Å². The molecule has 23 heavy (non-hydrogen) atoms. The van der Waals surface area contributed by atoms with E-state index < -0.39 is 22.9 Å². The van der Waals surface area contributed by atoms with E-state index in [9.17, 15) is 26.1 Å². The van der Waals surface area contributed by atoms with Crippen LogP contribution in [0.15, 0.2) is 23.1 Å². The summed E-state index contributed by atoms with van der Waals surface area (Å²) in [6, 6.07) is 5.11. The van der Waals surface area contributed by atoms with E-state index in [4.69, 9.17) is 5.11 Å². The van der Waals surface area contributed by atoms with Crippen LogP contribution in [0.25, 0.3) is 0 Å². The Morgan fingerprint density at radius 1 is 1.26 bits per heavy atom. The highest BCUT2D eigenvalue weighted by Crippen LogP contribution is 2.26. The fourth-order valence-electron chi connectivity index (χ4n) is 1.99. The summed E-state index contributed by atoms with van der Waals surface area (Å²) in [4.78, 5) is 1.97. The molecule has 0 aromatic heterocycles. The highest BCUT2D eigenvalue weighted by molar-refractivity contribution is 7.86. The van der Waals surface area contributed by atoms with Gasteiger partial charge in [-0.15, -0.1) is 0 Å². The summed E-state index contributed by atoms with van der Waals surface area (Å²) in [5.41, 5.74) is 1.40. The Labute approximate surface area is 132 Å². The van der Waals surface area contributed by atoms with E-state index >= 15 is 0 Å². The number of nitrogens with one attached hydrogen (secondary N) is 1. The molecule has 1 aliphatic heterocycles. The predicted octanol–water partition coefficient (Wildman–Crippen LogP) is 1.19. The van der Waals surface area contributed by atoms with Crippen LogP contribution in [-0.4, -0.2) is 57.0 Å². The molecule has 1 saturated heterocycles. The molecule has 1 aromatic rings. The van der Waals surface area contributed by atoms with Crippen molar-refractivity contribution in [2.24, 2.45) is 0 Å². The minimum absolute atomic E-state index is 0.000556. The quantitative estimate of drug-likeness (QED) is 0.690. The topological polar surface area (TPSA) is 89.9 Å². The number of piperazine rings is 1. The molecule has 0 aliphatic carbocycles. The van der Waals surface area contributed by atoms with Gasteiger partial charge in [-0.2, -0.15) is 21.6 Å². The Bertz CT molecular complexity index is 614. The zero-order chi connectivity index (χ0) is 17.7. The maximum absolute atomic E-state index is 11.4. The molecule has 0 spiro atoms. The van der Waals surface area contributed by atoms with Gasteiger partial charge in [-0.25, -0.2) is 0 Å². The fraction of sp³-hybridized carbons (Fsp3) is 0.538. The Morgan fingerprint density at radius 3 is 2.22 bits per heavy atom. The Kier molecular flexibility index (Phi) is 6.81. The molecular weight excluding hydrogens is 337 g/mol. The highest BCUT2D eigenvalue weighted by atomic mass is 32.2. The molecule has 0 saturated carbocycles. The number of aryl methyl sites for hydroxylation is 1. The van der Waals surface area contributed by atoms with Crippen LogP contribution in [0.2, 0.25) is 0 Å². The van der Waals surface area contributed by atoms with Crippen LogP contribution in [0.3, 0.4) is 0 Å². The predicted molar refractivity (Wildman–Crippen MR) is 79.2 cm³/mol. The summed E-state index contributed by atoms with van der Waals surface area (Å²) >= 11 is 0. The van der Waals surface area contributed by atoms with E-state index in [1.807, 2.05) is 11.0 Å². The Hall–Kier alpha value is -1.36. The number of halogens is 3. The third-order valence-corrected chi connectivity index (χ3v) is 3.91. The monoisotopic (exact) mass is 356 g/mol. The van der Waals surface area contributed by atoms with Crippen molar-refractivity contribution in [3.8, 4) is 0 Å². The molecule has 0 amide bonds. The zero-order valence-electron chi connectivity index (χ0n) is 12.5. The van der Waals surface area contributed by atoms with Crippen molar-refractivity contribution in [3.05, 3.63) is 23.8 Å². The summed E-state index contributed by atoms with van der Waals surface area (Å²) in [6.45, 7) is 3.19. The molecule has 0 atom stereocenters. The van der Waals surface area contributed by atoms with Crippen LogP contribution in [0.1, 0.15) is 5.56 Å². The lowest BCUT2D eigenvalue weighted by Crippen LogP contribution is -2.44. The normalized spacial score (nSPS) is 15.8. The van der Waals surface area contributed by atoms with E-state index in [-0.39, 0.29) is 4.90 Å². The van der Waals surface area contributed by atoms with Gasteiger partial charge in [-0.05, 0) is 24.6 Å². The van der Waals surface area contributed by atoms with Gasteiger partial charge in [0.15, 0.2) is 0 Å². The van der Waals surface area contributed by atoms with Gasteiger partial charge >= 0.3 is 6.18 Å². The second kappa shape index (κ2) is 7.95. The average Bonchev–Trinajstić information content (AvgIpc) is 2.47. The SMILES string of the molecule is Cc1ccc(N2CCNCC2)c(S(=O)(=O)O)c1.OCC(F)(F)F. The van der Waals surface area contributed by atoms with Crippen LogP contribution in [0.5, 0.6) is 0 Å². The van der Waals surface area contributed by atoms with Gasteiger partial charge in [0.05, 0.1) is 5.69 Å². The lowest BCUT2D eigenvalue weighted by molar-refractivity contribution is -0.159. The van der Waals surface area contributed by atoms with Gasteiger partial charge < -0.3 is 15.3 Å². The van der Waals surface area contributed by atoms with Gasteiger partial charge in [0, 0.05) is 26.2 Å². The minimum Gasteiger partial charge on any atom is -0.387 e. The number of aliphatic hydroxyl groups excluding tert-OH is 1. The summed E-state index contributed by atoms with van der Waals surface area (Å²) in [7, 11) is -4.17. The van der Waals surface area contributed by atoms with Gasteiger partial charge in [-0.3, -0.25) is 4.55 Å². The third kappa shape index (κ3) is 6.73. The molecule has 132 valence electrons. The molecule has 1 fully saturated rings. The first kappa shape index (κ1) is 19.7. The summed E-state index contributed by atoms with van der Waals surface area (Å²) in [5, 5.41) is 10.5. The molecule has 3 N–H and O–H groups in total. The van der Waals surface area contributed by atoms with Gasteiger partial charge in [0.1, 0.15) is 11.5 Å². The average molecular weight is 356 g/mol. The first-order chi connectivity index (χ1) is 10.5. The van der Waals surface area contributed by atoms with E-state index in [1.54, 1.807) is 13.0 Å². The van der Waals surface area contributed by atoms with Crippen molar-refractivity contribution < 1.29 is 31.2 Å². The lowest BCUT2D eigenvalue weighted by Gasteiger charge is -2.30. The molecule has 6 nitrogen and oxygen atoms in total. The first-order valence-electron chi connectivity index (χ1n) is 6.76. The van der Waals surface area contributed by atoms with Gasteiger partial charge in [-0.1, -0.05) is 6.07 Å². The van der Waals surface area contributed by atoms with E-state index in [0.29, 0.717) is 5.69 Å². The van der Waals surface area contributed by atoms with Gasteiger partial charge in [0.2, 0.25) is 0 Å². The van der Waals surface area contributed by atoms with Crippen molar-refractivity contribution in [2.45, 2.75) is 18.0 Å². The molecule has 1 heterocycles. The van der Waals surface area contributed by atoms with Crippen molar-refractivity contribution in [1.82, 2.24) is 5.32 Å². The van der Waals surface area contributed by atoms with E-state index in [0.717, 1.165) is 31.7 Å². The molecule has 0 bridgehead atoms. The zero-order valence-corrected chi connectivity index (χ0v) is 13.3. The fourth-order valence-corrected chi connectivity index (χ4v) is 2.79. The molecule has 1 aromatic carbocycles. The number of hydrogen-bond acceptors (Lipinski definition) is 5. The number of anilines is 1. The molecule has 0 unspecified atom stereocenters. The van der Waals surface area contributed by atoms with Crippen LogP contribution < -0.4 is 10.2 Å². The molecule has 1 aliphatic rings. The summed E-state index contributed by atoms with van der Waals surface area (Å²) in [6.07, 6.45) is -4.40. The number of nitrogens with zero attached hydrogens (tertiary/aromatic N) is 1. The number of alkyl halides is 3. The Morgan fingerprint density at radius 2 is 1.78 bits per heavy atom. The van der Waals surface area contributed by atoms with Crippen molar-refractivity contribution in [2.75, 3.05) is 37.7 Å². The smallest absolute Gasteiger partial charge is 0.387 e. The lowest BCUT2D eigenvalue weighted by atomic mass is 10.2. The Balaban J connectivity index is 0.000000379. The van der Waals surface area contributed by atoms with Crippen LogP contribution in [-0.2, 0) is 10.1 Å². The maximum Gasteiger partial charge on any atom is 0.411 e. The summed E-state index contributed by atoms with van der Waals surface area (Å²) in [5.74, 6) is 0. The molecule has 0 radical (unpaired) electrons.